The Labute approximate surface area is 184 Å². The second-order valence-electron chi connectivity index (χ2n) is 7.00. The number of ether oxygens (including phenoxy) is 1. The summed E-state index contributed by atoms with van der Waals surface area (Å²) in [5.74, 6) is -0.342. The number of pyridine rings is 1. The highest BCUT2D eigenvalue weighted by Gasteiger charge is 2.19. The van der Waals surface area contributed by atoms with Gasteiger partial charge in [-0.3, -0.25) is 9.36 Å². The largest absolute Gasteiger partial charge is 0.493 e. The highest BCUT2D eigenvalue weighted by atomic mass is 16.5. The molecule has 0 atom stereocenters. The molecule has 0 unspecified atom stereocenters. The van der Waals surface area contributed by atoms with Gasteiger partial charge in [-0.25, -0.2) is 4.79 Å². The number of esters is 1. The number of carbonyl (C=O) groups is 1. The van der Waals surface area contributed by atoms with Gasteiger partial charge in [-0.2, -0.15) is 10.4 Å². The predicted molar refractivity (Wildman–Crippen MR) is 115 cm³/mol. The van der Waals surface area contributed by atoms with Crippen molar-refractivity contribution >= 4 is 17.3 Å². The van der Waals surface area contributed by atoms with Crippen molar-refractivity contribution in [3.05, 3.63) is 75.5 Å². The van der Waals surface area contributed by atoms with Crippen molar-refractivity contribution in [1.29, 1.82) is 5.26 Å². The number of nitrogens with zero attached hydrogens (tertiary/aromatic N) is 4. The van der Waals surface area contributed by atoms with Crippen LogP contribution in [0.3, 0.4) is 0 Å². The van der Waals surface area contributed by atoms with Gasteiger partial charge in [-0.05, 0) is 49.7 Å². The second kappa shape index (κ2) is 10.2. The molecule has 0 amide bonds. The van der Waals surface area contributed by atoms with Crippen LogP contribution in [0.4, 0.5) is 11.4 Å². The molecule has 9 nitrogen and oxygen atoms in total. The van der Waals surface area contributed by atoms with Gasteiger partial charge in [-0.15, -0.1) is 5.11 Å². The molecular weight excluding hydrogens is 412 g/mol. The highest BCUT2D eigenvalue weighted by Crippen LogP contribution is 2.27. The Morgan fingerprint density at radius 3 is 2.62 bits per heavy atom. The number of benzene rings is 1. The van der Waals surface area contributed by atoms with E-state index < -0.39 is 11.5 Å². The molecule has 0 spiro atoms. The van der Waals surface area contributed by atoms with E-state index in [1.165, 1.54) is 25.3 Å². The zero-order valence-corrected chi connectivity index (χ0v) is 17.7. The van der Waals surface area contributed by atoms with Gasteiger partial charge in [0, 0.05) is 12.1 Å². The van der Waals surface area contributed by atoms with Crippen molar-refractivity contribution in [2.24, 2.45) is 10.2 Å². The maximum Gasteiger partial charge on any atom is 0.338 e. The number of nitriles is 1. The summed E-state index contributed by atoms with van der Waals surface area (Å²) >= 11 is 0. The molecule has 3 rings (SSSR count). The smallest absolute Gasteiger partial charge is 0.338 e. The molecule has 3 aromatic rings. The summed E-state index contributed by atoms with van der Waals surface area (Å²) in [4.78, 5) is 24.9. The molecule has 0 radical (unpaired) electrons. The fourth-order valence-electron chi connectivity index (χ4n) is 2.97. The Hall–Kier alpha value is -4.19. The summed E-state index contributed by atoms with van der Waals surface area (Å²) in [5, 5.41) is 27.8. The van der Waals surface area contributed by atoms with E-state index in [9.17, 15) is 20.0 Å². The lowest BCUT2D eigenvalue weighted by Crippen LogP contribution is -2.22. The van der Waals surface area contributed by atoms with Gasteiger partial charge in [-0.1, -0.05) is 13.3 Å². The number of hydrogen-bond donors (Lipinski definition) is 1. The first-order valence-electron chi connectivity index (χ1n) is 10.0. The highest BCUT2D eigenvalue weighted by molar-refractivity contribution is 5.89. The molecule has 0 aliphatic rings. The first-order chi connectivity index (χ1) is 15.5. The minimum atomic E-state index is -0.519. The summed E-state index contributed by atoms with van der Waals surface area (Å²) in [6.45, 7) is 3.79. The quantitative estimate of drug-likeness (QED) is 0.396. The van der Waals surface area contributed by atoms with E-state index in [4.69, 9.17) is 9.15 Å². The van der Waals surface area contributed by atoms with Crippen molar-refractivity contribution in [2.45, 2.75) is 39.8 Å². The van der Waals surface area contributed by atoms with E-state index in [-0.39, 0.29) is 35.8 Å². The molecule has 0 fully saturated rings. The number of furan rings is 1. The molecule has 9 heteroatoms. The summed E-state index contributed by atoms with van der Waals surface area (Å²) in [7, 11) is 0. The molecule has 0 bridgehead atoms. The van der Waals surface area contributed by atoms with E-state index in [0.29, 0.717) is 23.4 Å². The summed E-state index contributed by atoms with van der Waals surface area (Å²) in [5.41, 5.74) is 0.434. The number of aromatic hydroxyl groups is 1. The first-order valence-corrected chi connectivity index (χ1v) is 10.0. The fourth-order valence-corrected chi connectivity index (χ4v) is 2.97. The number of azo groups is 1. The molecule has 0 saturated heterocycles. The molecule has 1 aromatic carbocycles. The van der Waals surface area contributed by atoms with Crippen LogP contribution < -0.4 is 5.56 Å². The average molecular weight is 434 g/mol. The Morgan fingerprint density at radius 1 is 1.25 bits per heavy atom. The average Bonchev–Trinajstić information content (AvgIpc) is 3.32. The lowest BCUT2D eigenvalue weighted by Gasteiger charge is -2.12. The molecule has 1 N–H and O–H groups in total. The molecule has 0 aliphatic carbocycles. The summed E-state index contributed by atoms with van der Waals surface area (Å²) < 4.78 is 11.4. The van der Waals surface area contributed by atoms with Gasteiger partial charge in [0.1, 0.15) is 24.0 Å². The number of hydrogen-bond acceptors (Lipinski definition) is 8. The Bertz CT molecular complexity index is 1220. The van der Waals surface area contributed by atoms with Crippen molar-refractivity contribution < 1.29 is 19.1 Å². The Balaban J connectivity index is 1.80. The van der Waals surface area contributed by atoms with E-state index >= 15 is 0 Å². The molecule has 0 saturated carbocycles. The third-order valence-corrected chi connectivity index (χ3v) is 4.80. The normalized spacial score (nSPS) is 10.9. The summed E-state index contributed by atoms with van der Waals surface area (Å²) in [6, 6.07) is 11.5. The van der Waals surface area contributed by atoms with E-state index in [1.807, 2.05) is 13.0 Å². The zero-order chi connectivity index (χ0) is 23.1. The zero-order valence-electron chi connectivity index (χ0n) is 17.7. The van der Waals surface area contributed by atoms with Gasteiger partial charge in [0.15, 0.2) is 5.69 Å². The van der Waals surface area contributed by atoms with Crippen LogP contribution in [0.1, 0.15) is 47.0 Å². The van der Waals surface area contributed by atoms with Crippen LogP contribution in [0.25, 0.3) is 0 Å². The van der Waals surface area contributed by atoms with Gasteiger partial charge in [0.05, 0.1) is 17.5 Å². The van der Waals surface area contributed by atoms with Crippen LogP contribution in [0, 0.1) is 18.3 Å². The minimum Gasteiger partial charge on any atom is -0.493 e. The third-order valence-electron chi connectivity index (χ3n) is 4.80. The van der Waals surface area contributed by atoms with Crippen LogP contribution in [0.5, 0.6) is 5.88 Å². The standard InChI is InChI=1S/C23H22N4O5/c1-3-4-11-27-21(28)19(13-24)15(2)20(22(27)29)26-25-17-9-7-16(8-10-17)23(30)32-14-18-6-5-12-31-18/h5-10,12,28H,3-4,11,14H2,1-2H3. The number of carbonyl (C=O) groups excluding carboxylic acids is 1. The van der Waals surface area contributed by atoms with Crippen LogP contribution >= 0.6 is 0 Å². The lowest BCUT2D eigenvalue weighted by atomic mass is 10.1. The van der Waals surface area contributed by atoms with Crippen LogP contribution in [0.2, 0.25) is 0 Å². The minimum absolute atomic E-state index is 0.00990. The number of unbranched alkanes of at least 4 members (excludes halogenated alkanes) is 1. The fraction of sp³-hybridized carbons (Fsp3) is 0.261. The van der Waals surface area contributed by atoms with Gasteiger partial charge in [0.25, 0.3) is 5.56 Å². The maximum atomic E-state index is 12.8. The van der Waals surface area contributed by atoms with Crippen LogP contribution in [-0.4, -0.2) is 15.6 Å². The summed E-state index contributed by atoms with van der Waals surface area (Å²) in [6.07, 6.45) is 2.97. The van der Waals surface area contributed by atoms with E-state index in [2.05, 4.69) is 10.2 Å². The Kier molecular flexibility index (Phi) is 7.18. The van der Waals surface area contributed by atoms with Crippen LogP contribution in [-0.2, 0) is 17.9 Å². The first kappa shape index (κ1) is 22.5. The van der Waals surface area contributed by atoms with Crippen molar-refractivity contribution in [3.8, 4) is 11.9 Å². The second-order valence-corrected chi connectivity index (χ2v) is 7.00. The van der Waals surface area contributed by atoms with Crippen LogP contribution in [0.15, 0.2) is 62.1 Å². The monoisotopic (exact) mass is 434 g/mol. The molecule has 2 heterocycles. The molecular formula is C23H22N4O5. The van der Waals surface area contributed by atoms with Crippen molar-refractivity contribution in [3.63, 3.8) is 0 Å². The van der Waals surface area contributed by atoms with Crippen molar-refractivity contribution in [2.75, 3.05) is 0 Å². The van der Waals surface area contributed by atoms with E-state index in [0.717, 1.165) is 11.0 Å². The predicted octanol–water partition coefficient (Wildman–Crippen LogP) is 4.90. The molecule has 164 valence electrons. The van der Waals surface area contributed by atoms with Gasteiger partial charge < -0.3 is 14.3 Å². The topological polar surface area (TPSA) is 130 Å². The van der Waals surface area contributed by atoms with E-state index in [1.54, 1.807) is 24.3 Å². The SMILES string of the molecule is CCCCn1c(O)c(C#N)c(C)c(N=Nc2ccc(C(=O)OCc3ccco3)cc2)c1=O. The third kappa shape index (κ3) is 4.92. The molecule has 32 heavy (non-hydrogen) atoms. The molecule has 2 aromatic heterocycles. The number of aromatic nitrogens is 1. The van der Waals surface area contributed by atoms with Gasteiger partial charge in [0.2, 0.25) is 5.88 Å². The molecule has 0 aliphatic heterocycles. The Morgan fingerprint density at radius 2 is 2.00 bits per heavy atom. The lowest BCUT2D eigenvalue weighted by molar-refractivity contribution is 0.0445. The van der Waals surface area contributed by atoms with Crippen molar-refractivity contribution in [1.82, 2.24) is 4.57 Å². The van der Waals surface area contributed by atoms with Gasteiger partial charge >= 0.3 is 5.97 Å². The maximum absolute atomic E-state index is 12.8. The number of rotatable bonds is 8.